The maximum atomic E-state index is 11.9. The van der Waals surface area contributed by atoms with Crippen LogP contribution in [0.25, 0.3) is 0 Å². The quantitative estimate of drug-likeness (QED) is 0.470. The molecule has 0 aliphatic rings. The molecule has 0 aromatic heterocycles. The minimum Gasteiger partial charge on any atom is -0.494 e. The van der Waals surface area contributed by atoms with Gasteiger partial charge in [0.25, 0.3) is 11.6 Å². The number of hydrogen-bond acceptors (Lipinski definition) is 6. The number of ether oxygens (including phenoxy) is 2. The number of anilines is 1. The fourth-order valence-electron chi connectivity index (χ4n) is 2.01. The van der Waals surface area contributed by atoms with Gasteiger partial charge in [0, 0.05) is 11.8 Å². The molecule has 0 heterocycles. The summed E-state index contributed by atoms with van der Waals surface area (Å²) in [6, 6.07) is 12.1. The van der Waals surface area contributed by atoms with E-state index in [0.717, 1.165) is 0 Å². The minimum absolute atomic E-state index is 0.207. The number of para-hydroxylation sites is 1. The highest BCUT2D eigenvalue weighted by Crippen LogP contribution is 2.19. The van der Waals surface area contributed by atoms with Gasteiger partial charge in [0.1, 0.15) is 11.3 Å². The molecular weight excluding hydrogens is 328 g/mol. The van der Waals surface area contributed by atoms with Crippen LogP contribution in [0.1, 0.15) is 17.3 Å². The Bertz CT molecular complexity index is 773. The van der Waals surface area contributed by atoms with Gasteiger partial charge in [-0.3, -0.25) is 14.9 Å². The summed E-state index contributed by atoms with van der Waals surface area (Å²) < 4.78 is 10.1. The van der Waals surface area contributed by atoms with E-state index in [1.165, 1.54) is 24.3 Å². The predicted octanol–water partition coefficient (Wildman–Crippen LogP) is 2.79. The molecule has 2 rings (SSSR count). The van der Waals surface area contributed by atoms with Crippen molar-refractivity contribution in [3.05, 3.63) is 64.2 Å². The molecule has 0 fully saturated rings. The zero-order valence-electron chi connectivity index (χ0n) is 13.4. The molecule has 8 nitrogen and oxygen atoms in total. The average molecular weight is 344 g/mol. The van der Waals surface area contributed by atoms with Crippen LogP contribution in [0.3, 0.4) is 0 Å². The second-order valence-corrected chi connectivity index (χ2v) is 4.86. The summed E-state index contributed by atoms with van der Waals surface area (Å²) in [5, 5.41) is 13.4. The fraction of sp³-hybridized carbons (Fsp3) is 0.176. The number of nitro groups is 1. The maximum absolute atomic E-state index is 11.9. The molecule has 0 aliphatic heterocycles. The Morgan fingerprint density at radius 1 is 1.12 bits per heavy atom. The summed E-state index contributed by atoms with van der Waals surface area (Å²) >= 11 is 0. The zero-order chi connectivity index (χ0) is 18.2. The number of nitrogens with zero attached hydrogens (tertiary/aromatic N) is 1. The average Bonchev–Trinajstić information content (AvgIpc) is 2.61. The molecule has 130 valence electrons. The van der Waals surface area contributed by atoms with E-state index in [0.29, 0.717) is 18.0 Å². The van der Waals surface area contributed by atoms with Crippen LogP contribution in [0, 0.1) is 10.1 Å². The van der Waals surface area contributed by atoms with Gasteiger partial charge < -0.3 is 14.8 Å². The Balaban J connectivity index is 1.91. The molecule has 1 amide bonds. The first-order chi connectivity index (χ1) is 12.0. The van der Waals surface area contributed by atoms with E-state index < -0.39 is 23.4 Å². The van der Waals surface area contributed by atoms with Gasteiger partial charge in [0.15, 0.2) is 6.61 Å². The molecule has 8 heteroatoms. The number of rotatable bonds is 7. The Labute approximate surface area is 143 Å². The molecule has 0 saturated carbocycles. The van der Waals surface area contributed by atoms with Crippen LogP contribution in [0.2, 0.25) is 0 Å². The summed E-state index contributed by atoms with van der Waals surface area (Å²) in [5.41, 5.74) is -0.0732. The first kappa shape index (κ1) is 17.9. The third kappa shape index (κ3) is 5.03. The van der Waals surface area contributed by atoms with Crippen molar-refractivity contribution in [3.8, 4) is 5.75 Å². The lowest BCUT2D eigenvalue weighted by Gasteiger charge is -2.08. The van der Waals surface area contributed by atoms with Crippen molar-refractivity contribution in [3.63, 3.8) is 0 Å². The summed E-state index contributed by atoms with van der Waals surface area (Å²) in [6.07, 6.45) is 0. The molecule has 0 aliphatic carbocycles. The van der Waals surface area contributed by atoms with Crippen molar-refractivity contribution in [2.45, 2.75) is 6.92 Å². The summed E-state index contributed by atoms with van der Waals surface area (Å²) in [6.45, 7) is 1.84. The highest BCUT2D eigenvalue weighted by molar-refractivity contribution is 5.97. The minimum atomic E-state index is -0.936. The van der Waals surface area contributed by atoms with Crippen LogP contribution < -0.4 is 10.1 Å². The molecule has 0 radical (unpaired) electrons. The lowest BCUT2D eigenvalue weighted by Crippen LogP contribution is -2.21. The summed E-state index contributed by atoms with van der Waals surface area (Å²) in [5.74, 6) is -0.825. The van der Waals surface area contributed by atoms with Gasteiger partial charge in [-0.15, -0.1) is 0 Å². The Hall–Kier alpha value is -3.42. The largest absolute Gasteiger partial charge is 0.494 e. The highest BCUT2D eigenvalue weighted by Gasteiger charge is 2.21. The second-order valence-electron chi connectivity index (χ2n) is 4.86. The molecule has 2 aromatic carbocycles. The van der Waals surface area contributed by atoms with Crippen LogP contribution in [0.15, 0.2) is 48.5 Å². The summed E-state index contributed by atoms with van der Waals surface area (Å²) in [4.78, 5) is 33.9. The highest BCUT2D eigenvalue weighted by atomic mass is 16.6. The van der Waals surface area contributed by atoms with E-state index >= 15 is 0 Å². The van der Waals surface area contributed by atoms with Crippen molar-refractivity contribution in [2.75, 3.05) is 18.5 Å². The van der Waals surface area contributed by atoms with E-state index in [-0.39, 0.29) is 11.3 Å². The van der Waals surface area contributed by atoms with Crippen molar-refractivity contribution in [1.29, 1.82) is 0 Å². The van der Waals surface area contributed by atoms with E-state index in [2.05, 4.69) is 5.32 Å². The van der Waals surface area contributed by atoms with Crippen molar-refractivity contribution < 1.29 is 24.0 Å². The van der Waals surface area contributed by atoms with E-state index in [1.54, 1.807) is 24.3 Å². The smallest absolute Gasteiger partial charge is 0.345 e. The number of carbonyl (C=O) groups is 2. The van der Waals surface area contributed by atoms with Crippen LogP contribution in [-0.4, -0.2) is 30.0 Å². The van der Waals surface area contributed by atoms with Gasteiger partial charge >= 0.3 is 5.97 Å². The fourth-order valence-corrected chi connectivity index (χ4v) is 2.01. The van der Waals surface area contributed by atoms with Gasteiger partial charge in [0.2, 0.25) is 0 Å². The maximum Gasteiger partial charge on any atom is 0.345 e. The van der Waals surface area contributed by atoms with Gasteiger partial charge in [-0.25, -0.2) is 4.79 Å². The Morgan fingerprint density at radius 2 is 1.80 bits per heavy atom. The molecule has 0 spiro atoms. The number of nitrogens with one attached hydrogen (secondary N) is 1. The number of nitro benzene ring substituents is 1. The summed E-state index contributed by atoms with van der Waals surface area (Å²) in [7, 11) is 0. The Morgan fingerprint density at radius 3 is 2.44 bits per heavy atom. The molecular formula is C17H16N2O6. The third-order valence-electron chi connectivity index (χ3n) is 3.10. The van der Waals surface area contributed by atoms with Crippen LogP contribution in [0.5, 0.6) is 5.75 Å². The number of hydrogen-bond donors (Lipinski definition) is 1. The lowest BCUT2D eigenvalue weighted by atomic mass is 10.2. The van der Waals surface area contributed by atoms with E-state index in [4.69, 9.17) is 9.47 Å². The van der Waals surface area contributed by atoms with Crippen LogP contribution >= 0.6 is 0 Å². The normalized spacial score (nSPS) is 9.96. The topological polar surface area (TPSA) is 108 Å². The van der Waals surface area contributed by atoms with Gasteiger partial charge in [0.05, 0.1) is 11.5 Å². The van der Waals surface area contributed by atoms with Gasteiger partial charge in [-0.05, 0) is 37.3 Å². The predicted molar refractivity (Wildman–Crippen MR) is 89.6 cm³/mol. The number of benzene rings is 2. The van der Waals surface area contributed by atoms with Crippen molar-refractivity contribution in [1.82, 2.24) is 0 Å². The molecule has 0 unspecified atom stereocenters. The molecule has 0 atom stereocenters. The third-order valence-corrected chi connectivity index (χ3v) is 3.10. The van der Waals surface area contributed by atoms with Crippen LogP contribution in [-0.2, 0) is 9.53 Å². The molecule has 25 heavy (non-hydrogen) atoms. The number of amides is 1. The first-order valence-corrected chi connectivity index (χ1v) is 7.44. The monoisotopic (exact) mass is 344 g/mol. The molecule has 2 aromatic rings. The molecule has 1 N–H and O–H groups in total. The van der Waals surface area contributed by atoms with E-state index in [1.807, 2.05) is 6.92 Å². The van der Waals surface area contributed by atoms with E-state index in [9.17, 15) is 19.7 Å². The van der Waals surface area contributed by atoms with Crippen LogP contribution in [0.4, 0.5) is 11.4 Å². The first-order valence-electron chi connectivity index (χ1n) is 7.44. The standard InChI is InChI=1S/C17H16N2O6/c1-2-24-13-9-7-12(8-10-13)18-16(20)11-25-17(21)14-5-3-4-6-15(14)19(22)23/h3-10H,2,11H2,1H3,(H,18,20). The van der Waals surface area contributed by atoms with Gasteiger partial charge in [-0.1, -0.05) is 12.1 Å². The van der Waals surface area contributed by atoms with Crippen molar-refractivity contribution in [2.24, 2.45) is 0 Å². The zero-order valence-corrected chi connectivity index (χ0v) is 13.4. The van der Waals surface area contributed by atoms with Gasteiger partial charge in [-0.2, -0.15) is 0 Å². The number of esters is 1. The second kappa shape index (κ2) is 8.44. The van der Waals surface area contributed by atoms with Crippen molar-refractivity contribution >= 4 is 23.3 Å². The molecule has 0 saturated heterocycles. The Kier molecular flexibility index (Phi) is 6.05. The lowest BCUT2D eigenvalue weighted by molar-refractivity contribution is -0.385. The number of carbonyl (C=O) groups excluding carboxylic acids is 2. The SMILES string of the molecule is CCOc1ccc(NC(=O)COC(=O)c2ccccc2[N+](=O)[O-])cc1. The molecule has 0 bridgehead atoms.